The molecular weight excluding hydrogens is 477 g/mol. The molecule has 1 fully saturated rings. The van der Waals surface area contributed by atoms with Gasteiger partial charge in [-0.05, 0) is 38.5 Å². The Labute approximate surface area is 207 Å². The zero-order chi connectivity index (χ0) is 26.1. The molecule has 2 unspecified atom stereocenters. The highest BCUT2D eigenvalue weighted by atomic mass is 32.1. The predicted molar refractivity (Wildman–Crippen MR) is 131 cm³/mol. The van der Waals surface area contributed by atoms with Crippen LogP contribution < -0.4 is 22.1 Å². The van der Waals surface area contributed by atoms with Crippen LogP contribution in [0.15, 0.2) is 10.4 Å². The molecule has 1 saturated heterocycles. The van der Waals surface area contributed by atoms with E-state index in [-0.39, 0.29) is 36.4 Å². The lowest BCUT2D eigenvalue weighted by Crippen LogP contribution is -2.56. The summed E-state index contributed by atoms with van der Waals surface area (Å²) >= 11 is 1.33. The Balaban J connectivity index is 2.08. The van der Waals surface area contributed by atoms with Gasteiger partial charge in [-0.2, -0.15) is 0 Å². The van der Waals surface area contributed by atoms with Gasteiger partial charge in [-0.15, -0.1) is 11.3 Å². The first kappa shape index (κ1) is 28.1. The van der Waals surface area contributed by atoms with Crippen LogP contribution in [0.2, 0.25) is 0 Å². The van der Waals surface area contributed by atoms with Crippen molar-refractivity contribution in [3.63, 3.8) is 0 Å². The molecule has 1 aromatic rings. The van der Waals surface area contributed by atoms with E-state index in [1.807, 2.05) is 0 Å². The number of carbonyl (C=O) groups excluding carboxylic acids is 4. The van der Waals surface area contributed by atoms with Gasteiger partial charge in [0.1, 0.15) is 24.5 Å². The van der Waals surface area contributed by atoms with Crippen LogP contribution >= 0.6 is 11.3 Å². The second kappa shape index (κ2) is 13.1. The van der Waals surface area contributed by atoms with E-state index in [0.717, 1.165) is 5.01 Å². The van der Waals surface area contributed by atoms with E-state index in [9.17, 15) is 23.6 Å². The molecule has 1 aliphatic heterocycles. The number of halogens is 1. The molecule has 0 spiro atoms. The minimum atomic E-state index is -1.22. The molecule has 0 aliphatic carbocycles. The van der Waals surface area contributed by atoms with Crippen molar-refractivity contribution in [3.05, 3.63) is 16.1 Å². The molecule has 35 heavy (non-hydrogen) atoms. The third kappa shape index (κ3) is 7.98. The SMILES string of the molecule is Cc1nc(C(=O)NC(C(=O)N2CCC[C@H]2C(=O)NC(CCCN=C(N)N)C(=O)CF)C(C)C)cs1. The summed E-state index contributed by atoms with van der Waals surface area (Å²) in [6.45, 7) is 4.72. The van der Waals surface area contributed by atoms with Crippen molar-refractivity contribution < 1.29 is 23.6 Å². The number of Topliss-reactive ketones (excluding diaryl/α,β-unsaturated/α-hetero) is 1. The Hall–Kier alpha value is -3.09. The van der Waals surface area contributed by atoms with Crippen LogP contribution in [-0.4, -0.2) is 77.2 Å². The number of hydrogen-bond donors (Lipinski definition) is 4. The third-order valence-electron chi connectivity index (χ3n) is 5.69. The van der Waals surface area contributed by atoms with E-state index in [4.69, 9.17) is 11.5 Å². The van der Waals surface area contributed by atoms with E-state index in [2.05, 4.69) is 20.6 Å². The smallest absolute Gasteiger partial charge is 0.271 e. The van der Waals surface area contributed by atoms with Crippen molar-refractivity contribution in [1.29, 1.82) is 0 Å². The van der Waals surface area contributed by atoms with Crippen LogP contribution in [0.3, 0.4) is 0 Å². The minimum absolute atomic E-state index is 0.0979. The van der Waals surface area contributed by atoms with E-state index >= 15 is 0 Å². The normalized spacial score (nSPS) is 17.1. The van der Waals surface area contributed by atoms with Crippen molar-refractivity contribution in [2.75, 3.05) is 19.8 Å². The number of rotatable bonds is 12. The molecule has 0 aromatic carbocycles. The number of guanidine groups is 1. The van der Waals surface area contributed by atoms with Crippen molar-refractivity contribution in [2.45, 2.75) is 64.6 Å². The Morgan fingerprint density at radius 3 is 2.57 bits per heavy atom. The maximum absolute atomic E-state index is 13.4. The molecule has 11 nitrogen and oxygen atoms in total. The predicted octanol–water partition coefficient (Wildman–Crippen LogP) is 0.274. The number of thiazole rings is 1. The number of nitrogens with zero attached hydrogens (tertiary/aromatic N) is 3. The Morgan fingerprint density at radius 2 is 2.00 bits per heavy atom. The number of nitrogens with one attached hydrogen (secondary N) is 2. The van der Waals surface area contributed by atoms with E-state index in [0.29, 0.717) is 25.8 Å². The van der Waals surface area contributed by atoms with E-state index in [1.54, 1.807) is 26.2 Å². The van der Waals surface area contributed by atoms with Gasteiger partial charge in [0.05, 0.1) is 11.0 Å². The summed E-state index contributed by atoms with van der Waals surface area (Å²) in [7, 11) is 0. The fourth-order valence-electron chi connectivity index (χ4n) is 3.86. The van der Waals surface area contributed by atoms with Crippen LogP contribution in [0.1, 0.15) is 55.0 Å². The molecule has 2 rings (SSSR count). The maximum atomic E-state index is 13.4. The molecule has 0 bridgehead atoms. The lowest BCUT2D eigenvalue weighted by atomic mass is 10.0. The molecule has 2 heterocycles. The number of likely N-dealkylation sites (tertiary alicyclic amines) is 1. The quantitative estimate of drug-likeness (QED) is 0.177. The number of alkyl halides is 1. The highest BCUT2D eigenvalue weighted by molar-refractivity contribution is 7.09. The second-order valence-corrected chi connectivity index (χ2v) is 9.81. The lowest BCUT2D eigenvalue weighted by molar-refractivity contribution is -0.141. The summed E-state index contributed by atoms with van der Waals surface area (Å²) in [5, 5.41) is 7.68. The van der Waals surface area contributed by atoms with Gasteiger partial charge >= 0.3 is 0 Å². The summed E-state index contributed by atoms with van der Waals surface area (Å²) in [6, 6.07) is -2.73. The summed E-state index contributed by atoms with van der Waals surface area (Å²) < 4.78 is 13.1. The molecule has 13 heteroatoms. The van der Waals surface area contributed by atoms with Crippen LogP contribution in [-0.2, 0) is 14.4 Å². The van der Waals surface area contributed by atoms with Gasteiger partial charge in [-0.1, -0.05) is 13.8 Å². The van der Waals surface area contributed by atoms with Crippen LogP contribution in [0.25, 0.3) is 0 Å². The number of hydrogen-bond acceptors (Lipinski definition) is 7. The zero-order valence-corrected chi connectivity index (χ0v) is 21.1. The van der Waals surface area contributed by atoms with Crippen LogP contribution in [0, 0.1) is 12.8 Å². The van der Waals surface area contributed by atoms with Crippen molar-refractivity contribution in [1.82, 2.24) is 20.5 Å². The van der Waals surface area contributed by atoms with Crippen LogP contribution in [0.5, 0.6) is 0 Å². The first-order valence-electron chi connectivity index (χ1n) is 11.5. The first-order valence-corrected chi connectivity index (χ1v) is 12.4. The molecule has 0 radical (unpaired) electrons. The van der Waals surface area contributed by atoms with Crippen molar-refractivity contribution in [2.24, 2.45) is 22.4 Å². The maximum Gasteiger partial charge on any atom is 0.271 e. The van der Waals surface area contributed by atoms with Gasteiger partial charge in [0.25, 0.3) is 5.91 Å². The Kier molecular flexibility index (Phi) is 10.6. The number of aryl methyl sites for hydroxylation is 1. The zero-order valence-electron chi connectivity index (χ0n) is 20.3. The molecule has 194 valence electrons. The highest BCUT2D eigenvalue weighted by Gasteiger charge is 2.39. The minimum Gasteiger partial charge on any atom is -0.370 e. The van der Waals surface area contributed by atoms with Crippen LogP contribution in [0.4, 0.5) is 4.39 Å². The number of nitrogens with two attached hydrogens (primary N) is 2. The van der Waals surface area contributed by atoms with Gasteiger partial charge in [0, 0.05) is 18.5 Å². The largest absolute Gasteiger partial charge is 0.370 e. The number of ketones is 1. The van der Waals surface area contributed by atoms with Crippen molar-refractivity contribution >= 4 is 40.8 Å². The molecule has 3 amide bonds. The highest BCUT2D eigenvalue weighted by Crippen LogP contribution is 2.21. The summed E-state index contributed by atoms with van der Waals surface area (Å²) in [5.74, 6) is -2.49. The molecule has 6 N–H and O–H groups in total. The Morgan fingerprint density at radius 1 is 1.29 bits per heavy atom. The van der Waals surface area contributed by atoms with Gasteiger partial charge in [-0.3, -0.25) is 24.2 Å². The van der Waals surface area contributed by atoms with Gasteiger partial charge in [0.2, 0.25) is 11.8 Å². The fourth-order valence-corrected chi connectivity index (χ4v) is 4.45. The molecule has 0 saturated carbocycles. The standard InChI is InChI=1S/C22H34FN7O4S/c1-12(2)18(29-19(32)15-11-35-13(3)27-15)21(34)30-9-5-7-16(30)20(33)28-14(17(31)10-23)6-4-8-26-22(24)25/h11-12,14,16,18H,4-10H2,1-3H3,(H,28,33)(H,29,32)(H4,24,25,26)/t14?,16-,18?/m0/s1. The summed E-state index contributed by atoms with van der Waals surface area (Å²) in [4.78, 5) is 60.5. The average Bonchev–Trinajstić information content (AvgIpc) is 3.47. The van der Waals surface area contributed by atoms with E-state index in [1.165, 1.54) is 16.2 Å². The van der Waals surface area contributed by atoms with Gasteiger partial charge < -0.3 is 27.0 Å². The molecule has 1 aliphatic rings. The van der Waals surface area contributed by atoms with Gasteiger partial charge in [0.15, 0.2) is 11.7 Å². The third-order valence-corrected chi connectivity index (χ3v) is 6.47. The average molecular weight is 512 g/mol. The second-order valence-electron chi connectivity index (χ2n) is 8.75. The molecule has 1 aromatic heterocycles. The number of aliphatic imine (C=N–C) groups is 1. The lowest BCUT2D eigenvalue weighted by Gasteiger charge is -2.31. The monoisotopic (exact) mass is 511 g/mol. The number of carbonyl (C=O) groups is 4. The number of aromatic nitrogens is 1. The van der Waals surface area contributed by atoms with Crippen molar-refractivity contribution in [3.8, 4) is 0 Å². The fraction of sp³-hybridized carbons (Fsp3) is 0.636. The molecular formula is C22H34FN7O4S. The van der Waals surface area contributed by atoms with E-state index < -0.39 is 42.4 Å². The summed E-state index contributed by atoms with van der Waals surface area (Å²) in [6.07, 6.45) is 1.50. The number of amides is 3. The van der Waals surface area contributed by atoms with Gasteiger partial charge in [-0.25, -0.2) is 9.37 Å². The Bertz CT molecular complexity index is 948. The topological polar surface area (TPSA) is 173 Å². The summed E-state index contributed by atoms with van der Waals surface area (Å²) in [5.41, 5.74) is 10.8. The molecule has 3 atom stereocenters. The first-order chi connectivity index (χ1) is 16.5.